The minimum Gasteiger partial charge on any atom is -0.497 e. The number of carbonyl (C=O) groups is 1. The molecule has 2 aromatic carbocycles. The summed E-state index contributed by atoms with van der Waals surface area (Å²) >= 11 is 0. The lowest BCUT2D eigenvalue weighted by Crippen LogP contribution is -2.38. The summed E-state index contributed by atoms with van der Waals surface area (Å²) in [5.74, 6) is 1.61. The van der Waals surface area contributed by atoms with E-state index in [4.69, 9.17) is 18.6 Å². The van der Waals surface area contributed by atoms with Gasteiger partial charge in [0, 0.05) is 43.3 Å². The number of ether oxygens (including phenoxy) is 3. The number of hydrogen-bond donors (Lipinski definition) is 1. The van der Waals surface area contributed by atoms with Crippen LogP contribution in [0.2, 0.25) is 0 Å². The molecule has 1 aliphatic rings. The largest absolute Gasteiger partial charge is 0.497 e. The first-order valence-corrected chi connectivity index (χ1v) is 11.4. The van der Waals surface area contributed by atoms with Crippen molar-refractivity contribution < 1.29 is 23.4 Å². The number of rotatable bonds is 9. The van der Waals surface area contributed by atoms with E-state index in [1.54, 1.807) is 7.11 Å². The van der Waals surface area contributed by atoms with Crippen molar-refractivity contribution in [1.29, 1.82) is 0 Å². The highest BCUT2D eigenvalue weighted by Gasteiger charge is 2.19. The molecule has 1 N–H and O–H groups in total. The van der Waals surface area contributed by atoms with E-state index >= 15 is 0 Å². The Kier molecular flexibility index (Phi) is 7.52. The molecule has 2 heterocycles. The van der Waals surface area contributed by atoms with Gasteiger partial charge in [-0.15, -0.1) is 0 Å². The molecule has 1 amide bonds. The summed E-state index contributed by atoms with van der Waals surface area (Å²) in [7, 11) is 3.76. The van der Waals surface area contributed by atoms with Gasteiger partial charge >= 0.3 is 0 Å². The molecule has 176 valence electrons. The Labute approximate surface area is 194 Å². The van der Waals surface area contributed by atoms with Gasteiger partial charge in [0.05, 0.1) is 7.11 Å². The molecule has 7 nitrogen and oxygen atoms in total. The highest BCUT2D eigenvalue weighted by atomic mass is 16.5. The SMILES string of the molecule is COc1ccc2oc(C(=O)NCc3cccc(OCCN(C)C4CCOCC4)c3)c(C)c2c1. The fourth-order valence-electron chi connectivity index (χ4n) is 4.17. The third kappa shape index (κ3) is 5.67. The van der Waals surface area contributed by atoms with Crippen LogP contribution in [0.5, 0.6) is 11.5 Å². The molecule has 0 unspecified atom stereocenters. The minimum atomic E-state index is -0.243. The van der Waals surface area contributed by atoms with Gasteiger partial charge in [0.1, 0.15) is 23.7 Å². The van der Waals surface area contributed by atoms with Crippen LogP contribution < -0.4 is 14.8 Å². The Morgan fingerprint density at radius 3 is 2.76 bits per heavy atom. The number of carbonyl (C=O) groups excluding carboxylic acids is 1. The molecule has 1 fully saturated rings. The summed E-state index contributed by atoms with van der Waals surface area (Å²) in [5, 5.41) is 3.83. The number of fused-ring (bicyclic) bond motifs is 1. The third-order valence-electron chi connectivity index (χ3n) is 6.23. The second-order valence-electron chi connectivity index (χ2n) is 8.42. The van der Waals surface area contributed by atoms with Crippen LogP contribution in [0.25, 0.3) is 11.0 Å². The lowest BCUT2D eigenvalue weighted by molar-refractivity contribution is 0.0392. The zero-order valence-corrected chi connectivity index (χ0v) is 19.6. The van der Waals surface area contributed by atoms with Crippen molar-refractivity contribution in [2.24, 2.45) is 0 Å². The molecule has 0 atom stereocenters. The van der Waals surface area contributed by atoms with Crippen molar-refractivity contribution >= 4 is 16.9 Å². The average molecular weight is 453 g/mol. The maximum absolute atomic E-state index is 12.8. The second kappa shape index (κ2) is 10.7. The Balaban J connectivity index is 1.31. The van der Waals surface area contributed by atoms with Crippen LogP contribution in [0.15, 0.2) is 46.9 Å². The fraction of sp³-hybridized carbons (Fsp3) is 0.423. The number of amides is 1. The Morgan fingerprint density at radius 1 is 1.15 bits per heavy atom. The predicted octanol–water partition coefficient (Wildman–Crippen LogP) is 4.17. The van der Waals surface area contributed by atoms with Crippen LogP contribution in [0.1, 0.15) is 34.5 Å². The van der Waals surface area contributed by atoms with Crippen LogP contribution in [-0.4, -0.2) is 57.4 Å². The topological polar surface area (TPSA) is 73.2 Å². The van der Waals surface area contributed by atoms with E-state index in [2.05, 4.69) is 17.3 Å². The summed E-state index contributed by atoms with van der Waals surface area (Å²) in [5.41, 5.74) is 2.43. The van der Waals surface area contributed by atoms with Crippen molar-refractivity contribution in [2.75, 3.05) is 40.5 Å². The first kappa shape index (κ1) is 23.1. The first-order valence-electron chi connectivity index (χ1n) is 11.4. The Morgan fingerprint density at radius 2 is 1.97 bits per heavy atom. The number of methoxy groups -OCH3 is 1. The molecule has 0 saturated carbocycles. The molecule has 33 heavy (non-hydrogen) atoms. The molecule has 0 spiro atoms. The third-order valence-corrected chi connectivity index (χ3v) is 6.23. The van der Waals surface area contributed by atoms with Crippen molar-refractivity contribution in [1.82, 2.24) is 10.2 Å². The number of hydrogen-bond acceptors (Lipinski definition) is 6. The van der Waals surface area contributed by atoms with Crippen LogP contribution in [0, 0.1) is 6.92 Å². The van der Waals surface area contributed by atoms with Crippen molar-refractivity contribution in [3.63, 3.8) is 0 Å². The van der Waals surface area contributed by atoms with Gasteiger partial charge in [0.15, 0.2) is 5.76 Å². The van der Waals surface area contributed by atoms with E-state index in [1.165, 1.54) is 0 Å². The molecule has 1 aliphatic heterocycles. The molecule has 1 saturated heterocycles. The maximum atomic E-state index is 12.8. The van der Waals surface area contributed by atoms with E-state index in [0.717, 1.165) is 60.6 Å². The number of furan rings is 1. The summed E-state index contributed by atoms with van der Waals surface area (Å²) in [6, 6.07) is 13.9. The fourth-order valence-corrected chi connectivity index (χ4v) is 4.17. The summed E-state index contributed by atoms with van der Waals surface area (Å²) in [6.45, 7) is 5.42. The van der Waals surface area contributed by atoms with Gasteiger partial charge < -0.3 is 23.9 Å². The van der Waals surface area contributed by atoms with Crippen molar-refractivity contribution in [2.45, 2.75) is 32.4 Å². The van der Waals surface area contributed by atoms with Gasteiger partial charge in [-0.3, -0.25) is 9.69 Å². The average Bonchev–Trinajstić information content (AvgIpc) is 3.19. The summed E-state index contributed by atoms with van der Waals surface area (Å²) in [6.07, 6.45) is 2.15. The van der Waals surface area contributed by atoms with Crippen LogP contribution in [0.4, 0.5) is 0 Å². The molecule has 0 radical (unpaired) electrons. The Hall–Kier alpha value is -3.03. The zero-order valence-electron chi connectivity index (χ0n) is 19.6. The number of likely N-dealkylation sites (N-methyl/N-ethyl adjacent to an activating group) is 1. The normalized spacial score (nSPS) is 14.5. The molecule has 7 heteroatoms. The predicted molar refractivity (Wildman–Crippen MR) is 127 cm³/mol. The molecule has 3 aromatic rings. The van der Waals surface area contributed by atoms with Gasteiger partial charge in [0.25, 0.3) is 5.91 Å². The lowest BCUT2D eigenvalue weighted by atomic mass is 10.1. The standard InChI is InChI=1S/C26H32N2O5/c1-18-23-16-21(30-3)7-8-24(23)33-25(18)26(29)27-17-19-5-4-6-22(15-19)32-14-11-28(2)20-9-12-31-13-10-20/h4-8,15-16,20H,9-14,17H2,1-3H3,(H,27,29). The molecular weight excluding hydrogens is 420 g/mol. The second-order valence-corrected chi connectivity index (χ2v) is 8.42. The molecule has 1 aromatic heterocycles. The van der Waals surface area contributed by atoms with Crippen LogP contribution in [-0.2, 0) is 11.3 Å². The van der Waals surface area contributed by atoms with Gasteiger partial charge in [-0.05, 0) is 62.7 Å². The molecule has 4 rings (SSSR count). The monoisotopic (exact) mass is 452 g/mol. The molecule has 0 aliphatic carbocycles. The number of aryl methyl sites for hydroxylation is 1. The maximum Gasteiger partial charge on any atom is 0.287 e. The number of nitrogens with one attached hydrogen (secondary N) is 1. The smallest absolute Gasteiger partial charge is 0.287 e. The van der Waals surface area contributed by atoms with E-state index < -0.39 is 0 Å². The van der Waals surface area contributed by atoms with E-state index in [1.807, 2.05) is 49.4 Å². The molecular formula is C26H32N2O5. The van der Waals surface area contributed by atoms with Crippen molar-refractivity contribution in [3.8, 4) is 11.5 Å². The molecule has 0 bridgehead atoms. The summed E-state index contributed by atoms with van der Waals surface area (Å²) in [4.78, 5) is 15.1. The van der Waals surface area contributed by atoms with E-state index in [0.29, 0.717) is 30.5 Å². The van der Waals surface area contributed by atoms with Crippen LogP contribution in [0.3, 0.4) is 0 Å². The van der Waals surface area contributed by atoms with Gasteiger partial charge in [-0.1, -0.05) is 12.1 Å². The zero-order chi connectivity index (χ0) is 23.2. The van der Waals surface area contributed by atoms with Gasteiger partial charge in [0.2, 0.25) is 0 Å². The first-order chi connectivity index (χ1) is 16.0. The quantitative estimate of drug-likeness (QED) is 0.525. The lowest BCUT2D eigenvalue weighted by Gasteiger charge is -2.31. The van der Waals surface area contributed by atoms with E-state index in [-0.39, 0.29) is 5.91 Å². The van der Waals surface area contributed by atoms with Crippen LogP contribution >= 0.6 is 0 Å². The highest BCUT2D eigenvalue weighted by Crippen LogP contribution is 2.28. The Bertz CT molecular complexity index is 1090. The summed E-state index contributed by atoms with van der Waals surface area (Å²) < 4.78 is 22.5. The van der Waals surface area contributed by atoms with Gasteiger partial charge in [-0.25, -0.2) is 0 Å². The number of nitrogens with zero attached hydrogens (tertiary/aromatic N) is 1. The minimum absolute atomic E-state index is 0.243. The van der Waals surface area contributed by atoms with E-state index in [9.17, 15) is 4.79 Å². The van der Waals surface area contributed by atoms with Gasteiger partial charge in [-0.2, -0.15) is 0 Å². The number of benzene rings is 2. The van der Waals surface area contributed by atoms with Crippen molar-refractivity contribution in [3.05, 3.63) is 59.4 Å². The highest BCUT2D eigenvalue weighted by molar-refractivity contribution is 5.99.